The molecule has 1 fully saturated rings. The van der Waals surface area contributed by atoms with E-state index in [2.05, 4.69) is 45.6 Å². The maximum atomic E-state index is 12.4. The summed E-state index contributed by atoms with van der Waals surface area (Å²) in [5.74, 6) is 2.84. The Hall–Kier alpha value is -1.33. The van der Waals surface area contributed by atoms with Crippen molar-refractivity contribution in [1.82, 2.24) is 9.88 Å². The Morgan fingerprint density at radius 2 is 2.04 bits per heavy atom. The van der Waals surface area contributed by atoms with Gasteiger partial charge in [-0.3, -0.25) is 4.79 Å². The number of carbonyl (C=O) groups excluding carboxylic acids is 1. The van der Waals surface area contributed by atoms with E-state index in [-0.39, 0.29) is 0 Å². The van der Waals surface area contributed by atoms with Crippen LogP contribution in [0.25, 0.3) is 0 Å². The van der Waals surface area contributed by atoms with E-state index in [1.165, 1.54) is 5.56 Å². The summed E-state index contributed by atoms with van der Waals surface area (Å²) in [4.78, 5) is 18.9. The molecule has 1 aromatic heterocycles. The van der Waals surface area contributed by atoms with Gasteiger partial charge in [-0.1, -0.05) is 30.3 Å². The zero-order chi connectivity index (χ0) is 17.5. The van der Waals surface area contributed by atoms with Gasteiger partial charge in [0, 0.05) is 36.4 Å². The Bertz CT molecular complexity index is 663. The molecule has 25 heavy (non-hydrogen) atoms. The maximum absolute atomic E-state index is 12.4. The van der Waals surface area contributed by atoms with Crippen LogP contribution in [0.1, 0.15) is 35.5 Å². The van der Waals surface area contributed by atoms with Crippen molar-refractivity contribution >= 4 is 29.0 Å². The Labute approximate surface area is 158 Å². The van der Waals surface area contributed by atoms with Crippen LogP contribution >= 0.6 is 23.1 Å². The fourth-order valence-electron chi connectivity index (χ4n) is 3.30. The van der Waals surface area contributed by atoms with Crippen molar-refractivity contribution in [3.05, 3.63) is 52.0 Å². The highest BCUT2D eigenvalue weighted by Crippen LogP contribution is 2.22. The zero-order valence-electron chi connectivity index (χ0n) is 14.8. The number of thioether (sulfide) groups is 1. The molecule has 1 aliphatic rings. The lowest BCUT2D eigenvalue weighted by Crippen LogP contribution is -2.39. The van der Waals surface area contributed by atoms with Crippen LogP contribution in [0, 0.1) is 12.8 Å². The molecule has 0 N–H and O–H groups in total. The van der Waals surface area contributed by atoms with Crippen LogP contribution < -0.4 is 0 Å². The van der Waals surface area contributed by atoms with Crippen molar-refractivity contribution in [1.29, 1.82) is 0 Å². The Morgan fingerprint density at radius 1 is 1.28 bits per heavy atom. The largest absolute Gasteiger partial charge is 0.343 e. The number of aryl methyl sites for hydroxylation is 1. The SMILES string of the molecule is Cc1nc(CSCCC(=O)N2CCC(Cc3ccccc3)CC2)cs1. The van der Waals surface area contributed by atoms with E-state index < -0.39 is 0 Å². The highest BCUT2D eigenvalue weighted by Gasteiger charge is 2.22. The molecule has 2 heterocycles. The maximum Gasteiger partial charge on any atom is 0.223 e. The molecule has 0 spiro atoms. The van der Waals surface area contributed by atoms with E-state index in [1.54, 1.807) is 11.3 Å². The van der Waals surface area contributed by atoms with Gasteiger partial charge in [0.05, 0.1) is 10.7 Å². The Balaban J connectivity index is 1.32. The number of aromatic nitrogens is 1. The number of amides is 1. The minimum atomic E-state index is 0.320. The summed E-state index contributed by atoms with van der Waals surface area (Å²) < 4.78 is 0. The Kier molecular flexibility index (Phi) is 6.93. The van der Waals surface area contributed by atoms with Gasteiger partial charge in [-0.25, -0.2) is 4.98 Å². The lowest BCUT2D eigenvalue weighted by Gasteiger charge is -2.32. The summed E-state index contributed by atoms with van der Waals surface area (Å²) in [6.45, 7) is 3.88. The van der Waals surface area contributed by atoms with Crippen molar-refractivity contribution in [3.8, 4) is 0 Å². The first kappa shape index (κ1) is 18.5. The molecule has 3 nitrogen and oxygen atoms in total. The number of carbonyl (C=O) groups is 1. The summed E-state index contributed by atoms with van der Waals surface area (Å²) in [5.41, 5.74) is 2.56. The molecule has 1 amide bonds. The fourth-order valence-corrected chi connectivity index (χ4v) is 4.84. The van der Waals surface area contributed by atoms with Gasteiger partial charge in [0.2, 0.25) is 5.91 Å². The highest BCUT2D eigenvalue weighted by molar-refractivity contribution is 7.98. The molecule has 3 rings (SSSR count). The molecular weight excluding hydrogens is 348 g/mol. The van der Waals surface area contributed by atoms with Gasteiger partial charge >= 0.3 is 0 Å². The van der Waals surface area contributed by atoms with E-state index in [0.29, 0.717) is 18.2 Å². The van der Waals surface area contributed by atoms with Crippen molar-refractivity contribution in [2.24, 2.45) is 5.92 Å². The first-order valence-corrected chi connectivity index (χ1v) is 11.0. The Morgan fingerprint density at radius 3 is 2.72 bits per heavy atom. The quantitative estimate of drug-likeness (QED) is 0.666. The molecule has 0 atom stereocenters. The van der Waals surface area contributed by atoms with Gasteiger partial charge in [-0.05, 0) is 37.7 Å². The minimum absolute atomic E-state index is 0.320. The summed E-state index contributed by atoms with van der Waals surface area (Å²) in [5, 5.41) is 3.23. The third-order valence-electron chi connectivity index (χ3n) is 4.71. The van der Waals surface area contributed by atoms with Gasteiger partial charge in [-0.15, -0.1) is 11.3 Å². The molecule has 0 saturated carbocycles. The summed E-state index contributed by atoms with van der Waals surface area (Å²) in [7, 11) is 0. The molecule has 1 aliphatic heterocycles. The standard InChI is InChI=1S/C20H26N2OS2/c1-16-21-19(15-25-16)14-24-12-9-20(23)22-10-7-18(8-11-22)13-17-5-3-2-4-6-17/h2-6,15,18H,7-14H2,1H3. The number of thiazole rings is 1. The number of hydrogen-bond donors (Lipinski definition) is 0. The fraction of sp³-hybridized carbons (Fsp3) is 0.500. The average molecular weight is 375 g/mol. The van der Waals surface area contributed by atoms with Gasteiger partial charge in [0.1, 0.15) is 0 Å². The third-order valence-corrected chi connectivity index (χ3v) is 6.53. The summed E-state index contributed by atoms with van der Waals surface area (Å²) >= 11 is 3.50. The van der Waals surface area contributed by atoms with E-state index >= 15 is 0 Å². The van der Waals surface area contributed by atoms with Crippen LogP contribution in [-0.2, 0) is 17.0 Å². The van der Waals surface area contributed by atoms with Crippen LogP contribution in [0.5, 0.6) is 0 Å². The molecule has 0 aliphatic carbocycles. The zero-order valence-corrected chi connectivity index (χ0v) is 16.5. The highest BCUT2D eigenvalue weighted by atomic mass is 32.2. The molecule has 5 heteroatoms. The predicted octanol–water partition coefficient (Wildman–Crippen LogP) is 4.56. The number of piperidine rings is 1. The normalized spacial score (nSPS) is 15.5. The number of likely N-dealkylation sites (tertiary alicyclic amines) is 1. The van der Waals surface area contributed by atoms with Crippen molar-refractivity contribution in [2.75, 3.05) is 18.8 Å². The molecule has 0 radical (unpaired) electrons. The van der Waals surface area contributed by atoms with E-state index in [0.717, 1.165) is 54.6 Å². The monoisotopic (exact) mass is 374 g/mol. The lowest BCUT2D eigenvalue weighted by atomic mass is 9.90. The first-order valence-electron chi connectivity index (χ1n) is 9.01. The molecule has 134 valence electrons. The van der Waals surface area contributed by atoms with Crippen molar-refractivity contribution in [2.45, 2.75) is 38.4 Å². The van der Waals surface area contributed by atoms with Crippen LogP contribution in [0.3, 0.4) is 0 Å². The predicted molar refractivity (Wildman–Crippen MR) is 107 cm³/mol. The van der Waals surface area contributed by atoms with Gasteiger partial charge < -0.3 is 4.90 Å². The van der Waals surface area contributed by atoms with E-state index in [4.69, 9.17) is 0 Å². The van der Waals surface area contributed by atoms with E-state index in [9.17, 15) is 4.79 Å². The van der Waals surface area contributed by atoms with Crippen LogP contribution in [0.4, 0.5) is 0 Å². The second-order valence-corrected chi connectivity index (χ2v) is 8.84. The van der Waals surface area contributed by atoms with Gasteiger partial charge in [0.25, 0.3) is 0 Å². The molecule has 2 aromatic rings. The van der Waals surface area contributed by atoms with Crippen LogP contribution in [-0.4, -0.2) is 34.6 Å². The third kappa shape index (κ3) is 5.86. The molecule has 1 saturated heterocycles. The minimum Gasteiger partial charge on any atom is -0.343 e. The van der Waals surface area contributed by atoms with E-state index in [1.807, 2.05) is 18.7 Å². The lowest BCUT2D eigenvalue weighted by molar-refractivity contribution is -0.132. The smallest absolute Gasteiger partial charge is 0.223 e. The molecule has 0 bridgehead atoms. The van der Waals surface area contributed by atoms with Crippen molar-refractivity contribution < 1.29 is 4.79 Å². The van der Waals surface area contributed by atoms with Gasteiger partial charge in [0.15, 0.2) is 0 Å². The number of benzene rings is 1. The van der Waals surface area contributed by atoms with Crippen LogP contribution in [0.2, 0.25) is 0 Å². The second kappa shape index (κ2) is 9.39. The van der Waals surface area contributed by atoms with Crippen molar-refractivity contribution in [3.63, 3.8) is 0 Å². The molecule has 1 aromatic carbocycles. The van der Waals surface area contributed by atoms with Gasteiger partial charge in [-0.2, -0.15) is 11.8 Å². The average Bonchev–Trinajstić information content (AvgIpc) is 3.05. The number of nitrogens with zero attached hydrogens (tertiary/aromatic N) is 2. The number of hydrogen-bond acceptors (Lipinski definition) is 4. The molecule has 0 unspecified atom stereocenters. The molecular formula is C20H26N2OS2. The van der Waals surface area contributed by atoms with Crippen LogP contribution in [0.15, 0.2) is 35.7 Å². The second-order valence-electron chi connectivity index (χ2n) is 6.67. The number of rotatable bonds is 7. The topological polar surface area (TPSA) is 33.2 Å². The summed E-state index contributed by atoms with van der Waals surface area (Å²) in [6.07, 6.45) is 4.06. The summed E-state index contributed by atoms with van der Waals surface area (Å²) in [6, 6.07) is 10.7. The first-order chi connectivity index (χ1) is 12.2.